The highest BCUT2D eigenvalue weighted by Gasteiger charge is 2.25. The van der Waals surface area contributed by atoms with Crippen LogP contribution in [0.4, 0.5) is 28.4 Å². The molecule has 0 unspecified atom stereocenters. The summed E-state index contributed by atoms with van der Waals surface area (Å²) in [4.78, 5) is 4.83. The van der Waals surface area contributed by atoms with Gasteiger partial charge in [0, 0.05) is 39.2 Å². The zero-order valence-corrected chi connectivity index (χ0v) is 41.5. The molecule has 2 nitrogen and oxygen atoms in total. The Hall–Kier alpha value is -9.50. The van der Waals surface area contributed by atoms with Crippen LogP contribution in [0.1, 0.15) is 13.8 Å². The first-order chi connectivity index (χ1) is 36.6. The molecule has 0 aliphatic heterocycles. The van der Waals surface area contributed by atoms with Gasteiger partial charge in [-0.05, 0) is 168 Å². The van der Waals surface area contributed by atoms with E-state index in [1.807, 2.05) is 0 Å². The van der Waals surface area contributed by atoms with E-state index in [1.165, 1.54) is 98.0 Å². The molecule has 0 atom stereocenters. The van der Waals surface area contributed by atoms with Gasteiger partial charge in [0.25, 0.3) is 0 Å². The molecule has 0 aliphatic carbocycles. The molecule has 0 aromatic heterocycles. The summed E-state index contributed by atoms with van der Waals surface area (Å²) in [5.74, 6) is 0. The normalized spacial score (nSPS) is 11.9. The van der Waals surface area contributed by atoms with Gasteiger partial charge in [0.1, 0.15) is 0 Å². The zero-order chi connectivity index (χ0) is 49.5. The molecule has 350 valence electrons. The maximum Gasteiger partial charge on any atom is 0.0618 e. The minimum absolute atomic E-state index is 1.08. The molecule has 0 spiro atoms. The van der Waals surface area contributed by atoms with Crippen LogP contribution in [0.3, 0.4) is 0 Å². The minimum atomic E-state index is 1.08. The average molecular weight is 945 g/mol. The van der Waals surface area contributed by atoms with E-state index in [0.717, 1.165) is 34.1 Å². The maximum absolute atomic E-state index is 2.50. The van der Waals surface area contributed by atoms with E-state index in [2.05, 4.69) is 303 Å². The number of anilines is 5. The van der Waals surface area contributed by atoms with Crippen LogP contribution in [0.5, 0.6) is 0 Å². The molecule has 13 aromatic rings. The fourth-order valence-corrected chi connectivity index (χ4v) is 11.5. The summed E-state index contributed by atoms with van der Waals surface area (Å²) in [7, 11) is 0. The first-order valence-electron chi connectivity index (χ1n) is 25.7. The Morgan fingerprint density at radius 3 is 1.22 bits per heavy atom. The van der Waals surface area contributed by atoms with Crippen LogP contribution in [0.15, 0.2) is 285 Å². The molecule has 13 aromatic carbocycles. The highest BCUT2D eigenvalue weighted by molar-refractivity contribution is 6.25. The first-order valence-corrected chi connectivity index (χ1v) is 25.7. The van der Waals surface area contributed by atoms with Crippen LogP contribution in [0, 0.1) is 0 Å². The predicted octanol–water partition coefficient (Wildman–Crippen LogP) is 20.7. The molecule has 0 saturated carbocycles. The Labute approximate surface area is 432 Å². The first kappa shape index (κ1) is 44.4. The topological polar surface area (TPSA) is 6.48 Å². The zero-order valence-electron chi connectivity index (χ0n) is 41.5. The highest BCUT2D eigenvalue weighted by atomic mass is 15.2. The highest BCUT2D eigenvalue weighted by Crippen LogP contribution is 2.51. The van der Waals surface area contributed by atoms with Crippen molar-refractivity contribution < 1.29 is 0 Å². The third-order valence-corrected chi connectivity index (χ3v) is 14.8. The Bertz CT molecular complexity index is 4260. The van der Waals surface area contributed by atoms with Gasteiger partial charge < -0.3 is 9.80 Å². The van der Waals surface area contributed by atoms with Crippen LogP contribution in [0.25, 0.3) is 98.0 Å². The largest absolute Gasteiger partial charge is 0.311 e. The molecular weight excluding hydrogens is 893 g/mol. The quantitative estimate of drug-likeness (QED) is 0.0996. The van der Waals surface area contributed by atoms with Gasteiger partial charge in [-0.1, -0.05) is 212 Å². The smallest absolute Gasteiger partial charge is 0.0618 e. The molecule has 0 heterocycles. The SMILES string of the molecule is C/C=C\C(=C/C)N(c1ccccc1)c1ccc(-c2c3ccccc3c(N(c3ccccc3)c3ccc4c(-c5ccc6ccccc6c5)c5ccccc5c(-c5ccc6ccccc6c5)c4c3)c3ccccc23)cc1. The van der Waals surface area contributed by atoms with Gasteiger partial charge in [-0.25, -0.2) is 0 Å². The monoisotopic (exact) mass is 944 g/mol. The molecule has 0 fully saturated rings. The van der Waals surface area contributed by atoms with Crippen LogP contribution in [-0.4, -0.2) is 0 Å². The molecule has 74 heavy (non-hydrogen) atoms. The number of hydrogen-bond donors (Lipinski definition) is 0. The number of rotatable bonds is 10. The molecule has 0 amide bonds. The van der Waals surface area contributed by atoms with Crippen LogP contribution < -0.4 is 9.80 Å². The molecule has 0 saturated heterocycles. The van der Waals surface area contributed by atoms with Gasteiger partial charge >= 0.3 is 0 Å². The van der Waals surface area contributed by atoms with Crippen molar-refractivity contribution in [2.24, 2.45) is 0 Å². The van der Waals surface area contributed by atoms with E-state index < -0.39 is 0 Å². The Morgan fingerprint density at radius 2 is 0.689 bits per heavy atom. The third kappa shape index (κ3) is 7.67. The molecule has 13 rings (SSSR count). The lowest BCUT2D eigenvalue weighted by molar-refractivity contribution is 1.20. The van der Waals surface area contributed by atoms with Crippen LogP contribution in [-0.2, 0) is 0 Å². The summed E-state index contributed by atoms with van der Waals surface area (Å²) >= 11 is 0. The van der Waals surface area contributed by atoms with E-state index in [1.54, 1.807) is 0 Å². The molecule has 0 bridgehead atoms. The number of hydrogen-bond acceptors (Lipinski definition) is 2. The van der Waals surface area contributed by atoms with Gasteiger partial charge in [-0.3, -0.25) is 0 Å². The van der Waals surface area contributed by atoms with Gasteiger partial charge in [0.05, 0.1) is 5.69 Å². The van der Waals surface area contributed by atoms with Gasteiger partial charge in [0.15, 0.2) is 0 Å². The van der Waals surface area contributed by atoms with E-state index in [-0.39, 0.29) is 0 Å². The fourth-order valence-electron chi connectivity index (χ4n) is 11.5. The number of para-hydroxylation sites is 2. The van der Waals surface area contributed by atoms with Gasteiger partial charge in [-0.2, -0.15) is 0 Å². The summed E-state index contributed by atoms with van der Waals surface area (Å²) in [5.41, 5.74) is 13.9. The second kappa shape index (κ2) is 18.9. The Kier molecular flexibility index (Phi) is 11.4. The van der Waals surface area contributed by atoms with Crippen molar-refractivity contribution >= 4 is 93.1 Å². The molecule has 2 heteroatoms. The number of benzene rings is 13. The Balaban J connectivity index is 1.07. The van der Waals surface area contributed by atoms with E-state index >= 15 is 0 Å². The fraction of sp³-hybridized carbons (Fsp3) is 0.0278. The average Bonchev–Trinajstić information content (AvgIpc) is 3.47. The van der Waals surface area contributed by atoms with E-state index in [4.69, 9.17) is 0 Å². The number of nitrogens with zero attached hydrogens (tertiary/aromatic N) is 2. The summed E-state index contributed by atoms with van der Waals surface area (Å²) in [6.45, 7) is 4.17. The van der Waals surface area contributed by atoms with Crippen molar-refractivity contribution in [2.45, 2.75) is 13.8 Å². The van der Waals surface area contributed by atoms with E-state index in [9.17, 15) is 0 Å². The third-order valence-electron chi connectivity index (χ3n) is 14.8. The minimum Gasteiger partial charge on any atom is -0.311 e. The lowest BCUT2D eigenvalue weighted by Crippen LogP contribution is -2.14. The molecule has 0 radical (unpaired) electrons. The van der Waals surface area contributed by atoms with Crippen molar-refractivity contribution in [3.8, 4) is 33.4 Å². The summed E-state index contributed by atoms with van der Waals surface area (Å²) in [6.07, 6.45) is 6.45. The maximum atomic E-state index is 2.50. The van der Waals surface area contributed by atoms with Crippen LogP contribution in [0.2, 0.25) is 0 Å². The summed E-state index contributed by atoms with van der Waals surface area (Å²) in [6, 6.07) is 96.1. The lowest BCUT2D eigenvalue weighted by atomic mass is 9.84. The second-order valence-corrected chi connectivity index (χ2v) is 19.1. The van der Waals surface area contributed by atoms with Gasteiger partial charge in [0.2, 0.25) is 0 Å². The van der Waals surface area contributed by atoms with Crippen molar-refractivity contribution in [2.75, 3.05) is 9.80 Å². The number of allylic oxidation sites excluding steroid dienone is 3. The number of fused-ring (bicyclic) bond motifs is 6. The van der Waals surface area contributed by atoms with E-state index in [0.29, 0.717) is 0 Å². The molecule has 0 aliphatic rings. The lowest BCUT2D eigenvalue weighted by Gasteiger charge is -2.30. The summed E-state index contributed by atoms with van der Waals surface area (Å²) < 4.78 is 0. The van der Waals surface area contributed by atoms with Crippen molar-refractivity contribution in [1.29, 1.82) is 0 Å². The standard InChI is InChI=1S/C72H52N2/c1-3-21-56(4-2)73(57-26-7-5-8-27-57)59-42-40-51(41-43-59)69-63-32-17-19-34-66(63)72(67-35-20-18-33-64(67)69)74(58-28-9-6-10-29-58)60-44-45-65-68(48-60)71(55-39-37-50-23-12-14-25-53(50)47-55)62-31-16-15-30-61(62)70(65)54-38-36-49-22-11-13-24-52(49)46-54/h3-48H,1-2H3/b21-3-,56-4+. The van der Waals surface area contributed by atoms with Crippen molar-refractivity contribution in [3.05, 3.63) is 285 Å². The van der Waals surface area contributed by atoms with Gasteiger partial charge in [-0.15, -0.1) is 0 Å². The Morgan fingerprint density at radius 1 is 0.297 bits per heavy atom. The predicted molar refractivity (Wildman–Crippen MR) is 320 cm³/mol. The second-order valence-electron chi connectivity index (χ2n) is 19.1. The van der Waals surface area contributed by atoms with Crippen molar-refractivity contribution in [1.82, 2.24) is 0 Å². The van der Waals surface area contributed by atoms with Crippen molar-refractivity contribution in [3.63, 3.8) is 0 Å². The molecular formula is C72H52N2. The molecule has 0 N–H and O–H groups in total. The summed E-state index contributed by atoms with van der Waals surface area (Å²) in [5, 5.41) is 14.5. The van der Waals surface area contributed by atoms with Crippen LogP contribution >= 0.6 is 0 Å².